The smallest absolute Gasteiger partial charge is 0.405 e. The van der Waals surface area contributed by atoms with Crippen LogP contribution in [0.2, 0.25) is 5.02 Å². The molecule has 4 rings (SSSR count). The number of halogens is 4. The van der Waals surface area contributed by atoms with Crippen molar-refractivity contribution in [1.82, 2.24) is 9.80 Å². The largest absolute Gasteiger partial charge is 0.573 e. The summed E-state index contributed by atoms with van der Waals surface area (Å²) in [5, 5.41) is 4.14. The maximum atomic E-state index is 12.9. The highest BCUT2D eigenvalue weighted by Crippen LogP contribution is 2.34. The monoisotopic (exact) mass is 481 g/mol. The van der Waals surface area contributed by atoms with E-state index in [0.29, 0.717) is 24.9 Å². The fourth-order valence-electron chi connectivity index (χ4n) is 4.70. The van der Waals surface area contributed by atoms with Crippen LogP contribution in [0, 0.1) is 18.8 Å². The third kappa shape index (κ3) is 5.92. The summed E-state index contributed by atoms with van der Waals surface area (Å²) >= 11 is 6.16. The summed E-state index contributed by atoms with van der Waals surface area (Å²) in [6.45, 7) is 6.67. The van der Waals surface area contributed by atoms with Crippen molar-refractivity contribution in [1.29, 1.82) is 0 Å². The molecule has 1 N–H and O–H groups in total. The summed E-state index contributed by atoms with van der Waals surface area (Å²) < 4.78 is 42.1. The van der Waals surface area contributed by atoms with Gasteiger partial charge in [-0.3, -0.25) is 4.79 Å². The van der Waals surface area contributed by atoms with Crippen molar-refractivity contribution in [2.24, 2.45) is 11.8 Å². The van der Waals surface area contributed by atoms with E-state index in [1.807, 2.05) is 25.1 Å². The number of alkyl halides is 3. The quantitative estimate of drug-likeness (QED) is 0.562. The number of para-hydroxylation sites is 1. The number of amides is 1. The van der Waals surface area contributed by atoms with Gasteiger partial charge in [-0.1, -0.05) is 29.8 Å². The van der Waals surface area contributed by atoms with Crippen molar-refractivity contribution >= 4 is 23.2 Å². The lowest BCUT2D eigenvalue weighted by molar-refractivity contribution is -0.274. The maximum Gasteiger partial charge on any atom is 0.573 e. The number of aryl methyl sites for hydroxylation is 1. The Bertz CT molecular complexity index is 987. The second kappa shape index (κ2) is 9.81. The highest BCUT2D eigenvalue weighted by molar-refractivity contribution is 6.31. The minimum atomic E-state index is -4.83. The molecule has 178 valence electrons. The van der Waals surface area contributed by atoms with E-state index in [2.05, 4.69) is 15.0 Å². The van der Waals surface area contributed by atoms with Crippen molar-refractivity contribution in [2.45, 2.75) is 19.7 Å². The molecule has 0 spiro atoms. The predicted molar refractivity (Wildman–Crippen MR) is 122 cm³/mol. The normalized spacial score (nSPS) is 20.7. The Morgan fingerprint density at radius 1 is 1.12 bits per heavy atom. The molecule has 2 fully saturated rings. The van der Waals surface area contributed by atoms with E-state index in [9.17, 15) is 18.0 Å². The Hall–Kier alpha value is -2.45. The topological polar surface area (TPSA) is 44.8 Å². The molecule has 0 radical (unpaired) electrons. The molecule has 2 atom stereocenters. The number of ether oxygens (including phenoxy) is 1. The zero-order chi connectivity index (χ0) is 23.6. The molecule has 33 heavy (non-hydrogen) atoms. The van der Waals surface area contributed by atoms with Gasteiger partial charge < -0.3 is 19.9 Å². The third-order valence-corrected chi connectivity index (χ3v) is 6.75. The van der Waals surface area contributed by atoms with Crippen LogP contribution in [0.25, 0.3) is 0 Å². The zero-order valence-corrected chi connectivity index (χ0v) is 19.1. The van der Waals surface area contributed by atoms with E-state index in [1.165, 1.54) is 18.2 Å². The molecule has 0 aliphatic carbocycles. The van der Waals surface area contributed by atoms with E-state index in [0.717, 1.165) is 48.9 Å². The van der Waals surface area contributed by atoms with Crippen LogP contribution in [0.1, 0.15) is 22.3 Å². The summed E-state index contributed by atoms with van der Waals surface area (Å²) in [4.78, 5) is 17.0. The fraction of sp³-hybridized carbons (Fsp3) is 0.458. The number of rotatable bonds is 7. The van der Waals surface area contributed by atoms with E-state index in [-0.39, 0.29) is 5.56 Å². The van der Waals surface area contributed by atoms with Crippen LogP contribution in [0.3, 0.4) is 0 Å². The summed E-state index contributed by atoms with van der Waals surface area (Å²) in [5.41, 5.74) is 2.01. The number of carbonyl (C=O) groups is 1. The van der Waals surface area contributed by atoms with Crippen LogP contribution in [-0.4, -0.2) is 61.3 Å². The molecule has 2 saturated heterocycles. The Labute approximate surface area is 196 Å². The average molecular weight is 482 g/mol. The molecule has 0 aromatic heterocycles. The van der Waals surface area contributed by atoms with Crippen molar-refractivity contribution in [3.63, 3.8) is 0 Å². The number of hydrogen-bond acceptors (Lipinski definition) is 4. The Morgan fingerprint density at radius 2 is 1.82 bits per heavy atom. The van der Waals surface area contributed by atoms with Gasteiger partial charge in [-0.15, -0.1) is 13.2 Å². The molecule has 2 aliphatic heterocycles. The number of carbonyl (C=O) groups excluding carboxylic acids is 1. The number of hydrogen-bond donors (Lipinski definition) is 1. The SMILES string of the molecule is Cc1ccc(NCCCN2CC3CN(C(=O)c4ccccc4OC(F)(F)F)CC3C2)cc1Cl. The average Bonchev–Trinajstić information content (AvgIpc) is 3.31. The third-order valence-electron chi connectivity index (χ3n) is 6.34. The van der Waals surface area contributed by atoms with Crippen LogP contribution >= 0.6 is 11.6 Å². The molecular formula is C24H27ClF3N3O2. The zero-order valence-electron chi connectivity index (χ0n) is 18.4. The summed E-state index contributed by atoms with van der Waals surface area (Å²) in [5.74, 6) is -0.171. The molecule has 9 heteroatoms. The first kappa shape index (κ1) is 23.7. The molecule has 1 amide bonds. The summed E-state index contributed by atoms with van der Waals surface area (Å²) in [7, 11) is 0. The van der Waals surface area contributed by atoms with E-state index in [1.54, 1.807) is 11.0 Å². The minimum Gasteiger partial charge on any atom is -0.405 e. The van der Waals surface area contributed by atoms with Gasteiger partial charge in [-0.2, -0.15) is 0 Å². The molecule has 2 unspecified atom stereocenters. The fourth-order valence-corrected chi connectivity index (χ4v) is 4.88. The molecule has 0 saturated carbocycles. The number of nitrogens with zero attached hydrogens (tertiary/aromatic N) is 2. The van der Waals surface area contributed by atoms with Crippen molar-refractivity contribution in [3.05, 3.63) is 58.6 Å². The van der Waals surface area contributed by atoms with Gasteiger partial charge in [0.25, 0.3) is 5.91 Å². The van der Waals surface area contributed by atoms with Gasteiger partial charge in [-0.05, 0) is 61.6 Å². The number of likely N-dealkylation sites (tertiary alicyclic amines) is 2. The number of benzene rings is 2. The lowest BCUT2D eigenvalue weighted by atomic mass is 10.0. The number of fused-ring (bicyclic) bond motifs is 1. The number of anilines is 1. The van der Waals surface area contributed by atoms with E-state index in [4.69, 9.17) is 11.6 Å². The second-order valence-corrected chi connectivity index (χ2v) is 9.19. The molecule has 5 nitrogen and oxygen atoms in total. The lowest BCUT2D eigenvalue weighted by Crippen LogP contribution is -2.34. The molecular weight excluding hydrogens is 455 g/mol. The van der Waals surface area contributed by atoms with Crippen molar-refractivity contribution in [2.75, 3.05) is 44.6 Å². The van der Waals surface area contributed by atoms with Crippen LogP contribution in [0.5, 0.6) is 5.75 Å². The van der Waals surface area contributed by atoms with Gasteiger partial charge in [-0.25, -0.2) is 0 Å². The lowest BCUT2D eigenvalue weighted by Gasteiger charge is -2.22. The van der Waals surface area contributed by atoms with Crippen LogP contribution in [0.15, 0.2) is 42.5 Å². The Balaban J connectivity index is 1.24. The Morgan fingerprint density at radius 3 is 2.48 bits per heavy atom. The van der Waals surface area contributed by atoms with Gasteiger partial charge in [0.1, 0.15) is 5.75 Å². The van der Waals surface area contributed by atoms with Crippen LogP contribution < -0.4 is 10.1 Å². The van der Waals surface area contributed by atoms with E-state index >= 15 is 0 Å². The Kier molecular flexibility index (Phi) is 7.05. The number of nitrogens with one attached hydrogen (secondary N) is 1. The first-order valence-electron chi connectivity index (χ1n) is 11.1. The maximum absolute atomic E-state index is 12.9. The van der Waals surface area contributed by atoms with Gasteiger partial charge >= 0.3 is 6.36 Å². The minimum absolute atomic E-state index is 0.0473. The molecule has 2 aromatic rings. The van der Waals surface area contributed by atoms with Gasteiger partial charge in [0.05, 0.1) is 5.56 Å². The van der Waals surface area contributed by atoms with Gasteiger partial charge in [0, 0.05) is 43.4 Å². The van der Waals surface area contributed by atoms with Gasteiger partial charge in [0.2, 0.25) is 0 Å². The van der Waals surface area contributed by atoms with Crippen molar-refractivity contribution in [3.8, 4) is 5.75 Å². The molecule has 0 bridgehead atoms. The van der Waals surface area contributed by atoms with E-state index < -0.39 is 18.0 Å². The second-order valence-electron chi connectivity index (χ2n) is 8.78. The highest BCUT2D eigenvalue weighted by Gasteiger charge is 2.42. The van der Waals surface area contributed by atoms with Gasteiger partial charge in [0.15, 0.2) is 0 Å². The van der Waals surface area contributed by atoms with Crippen LogP contribution in [-0.2, 0) is 0 Å². The molecule has 2 aliphatic rings. The summed E-state index contributed by atoms with van der Waals surface area (Å²) in [6.07, 6.45) is -3.85. The van der Waals surface area contributed by atoms with Crippen LogP contribution in [0.4, 0.5) is 18.9 Å². The predicted octanol–water partition coefficient (Wildman–Crippen LogP) is 5.05. The standard InChI is InChI=1S/C24H27ClF3N3O2/c1-16-7-8-19(11-21(16)25)29-9-4-10-30-12-17-14-31(15-18(17)13-30)23(32)20-5-2-3-6-22(20)33-24(26,27)28/h2-3,5-8,11,17-18,29H,4,9-10,12-15H2,1H3. The summed E-state index contributed by atoms with van der Waals surface area (Å²) in [6, 6.07) is 11.5. The molecule has 2 heterocycles. The molecule has 2 aromatic carbocycles. The van der Waals surface area contributed by atoms with Crippen molar-refractivity contribution < 1.29 is 22.7 Å². The first-order chi connectivity index (χ1) is 15.7. The first-order valence-corrected chi connectivity index (χ1v) is 11.4. The highest BCUT2D eigenvalue weighted by atomic mass is 35.5.